The smallest absolute Gasteiger partial charge is 0.229 e. The minimum Gasteiger partial charge on any atom is -0.385 e. The van der Waals surface area contributed by atoms with Crippen molar-refractivity contribution in [1.82, 2.24) is 15.3 Å². The van der Waals surface area contributed by atoms with Crippen LogP contribution in [0.5, 0.6) is 0 Å². The number of methoxy groups -OCH3 is 1. The van der Waals surface area contributed by atoms with Crippen molar-refractivity contribution in [3.8, 4) is 0 Å². The summed E-state index contributed by atoms with van der Waals surface area (Å²) < 4.78 is 18.1. The number of anilines is 2. The highest BCUT2D eigenvalue weighted by molar-refractivity contribution is 7.80. The quantitative estimate of drug-likeness (QED) is 0.303. The Hall–Kier alpha value is -2.65. The molecule has 3 N–H and O–H groups in total. The van der Waals surface area contributed by atoms with E-state index in [1.54, 1.807) is 19.2 Å². The lowest BCUT2D eigenvalue weighted by molar-refractivity contribution is 0.197. The van der Waals surface area contributed by atoms with Crippen LogP contribution in [0.2, 0.25) is 0 Å². The van der Waals surface area contributed by atoms with Gasteiger partial charge in [0, 0.05) is 37.3 Å². The lowest BCUT2D eigenvalue weighted by atomic mass is 10.3. The summed E-state index contributed by atoms with van der Waals surface area (Å²) in [6.07, 6.45) is 0.759. The van der Waals surface area contributed by atoms with Crippen LogP contribution in [0.1, 0.15) is 17.8 Å². The fourth-order valence-corrected chi connectivity index (χ4v) is 2.42. The SMILES string of the molecule is COCCCN=C(NC(=S)Nc1ccc(F)cc1)Nc1nc(C)cc(C)n1. The van der Waals surface area contributed by atoms with Crippen LogP contribution in [0.4, 0.5) is 16.0 Å². The molecule has 1 aromatic carbocycles. The molecule has 144 valence electrons. The van der Waals surface area contributed by atoms with Crippen molar-refractivity contribution < 1.29 is 9.13 Å². The number of rotatable bonds is 6. The number of aliphatic imine (C=N–C) groups is 1. The molecule has 7 nitrogen and oxygen atoms in total. The van der Waals surface area contributed by atoms with E-state index in [2.05, 4.69) is 30.9 Å². The molecule has 0 unspecified atom stereocenters. The van der Waals surface area contributed by atoms with Gasteiger partial charge in [-0.1, -0.05) is 0 Å². The molecule has 0 atom stereocenters. The van der Waals surface area contributed by atoms with Crippen LogP contribution < -0.4 is 16.0 Å². The van der Waals surface area contributed by atoms with Crippen molar-refractivity contribution in [3.05, 3.63) is 47.5 Å². The largest absolute Gasteiger partial charge is 0.385 e. The predicted molar refractivity (Wildman–Crippen MR) is 110 cm³/mol. The maximum Gasteiger partial charge on any atom is 0.229 e. The summed E-state index contributed by atoms with van der Waals surface area (Å²) >= 11 is 5.31. The Bertz CT molecular complexity index is 777. The number of hydrogen-bond donors (Lipinski definition) is 3. The number of nitrogens with zero attached hydrogens (tertiary/aromatic N) is 3. The zero-order chi connectivity index (χ0) is 19.6. The van der Waals surface area contributed by atoms with E-state index >= 15 is 0 Å². The number of aromatic nitrogens is 2. The van der Waals surface area contributed by atoms with Crippen molar-refractivity contribution in [2.75, 3.05) is 30.9 Å². The van der Waals surface area contributed by atoms with Gasteiger partial charge >= 0.3 is 0 Å². The van der Waals surface area contributed by atoms with Crippen LogP contribution in [-0.2, 0) is 4.74 Å². The first-order valence-electron chi connectivity index (χ1n) is 8.42. The summed E-state index contributed by atoms with van der Waals surface area (Å²) in [7, 11) is 1.65. The van der Waals surface area contributed by atoms with Gasteiger partial charge in [-0.2, -0.15) is 0 Å². The third-order valence-corrected chi connectivity index (χ3v) is 3.53. The van der Waals surface area contributed by atoms with Crippen molar-refractivity contribution in [2.24, 2.45) is 4.99 Å². The van der Waals surface area contributed by atoms with E-state index in [0.29, 0.717) is 35.9 Å². The minimum atomic E-state index is -0.312. The van der Waals surface area contributed by atoms with Gasteiger partial charge in [-0.05, 0) is 62.8 Å². The Morgan fingerprint density at radius 3 is 2.44 bits per heavy atom. The van der Waals surface area contributed by atoms with Crippen LogP contribution in [0.3, 0.4) is 0 Å². The average molecular weight is 390 g/mol. The molecule has 0 saturated carbocycles. The summed E-state index contributed by atoms with van der Waals surface area (Å²) in [5, 5.41) is 9.33. The minimum absolute atomic E-state index is 0.309. The molecule has 2 rings (SSSR count). The van der Waals surface area contributed by atoms with E-state index in [4.69, 9.17) is 17.0 Å². The number of nitrogens with one attached hydrogen (secondary N) is 3. The van der Waals surface area contributed by atoms with Crippen molar-refractivity contribution in [1.29, 1.82) is 0 Å². The van der Waals surface area contributed by atoms with Crippen LogP contribution >= 0.6 is 12.2 Å². The molecule has 0 saturated heterocycles. The molecular weight excluding hydrogens is 367 g/mol. The topological polar surface area (TPSA) is 83.5 Å². The van der Waals surface area contributed by atoms with Gasteiger partial charge in [-0.3, -0.25) is 10.3 Å². The monoisotopic (exact) mass is 390 g/mol. The summed E-state index contributed by atoms with van der Waals surface area (Å²) in [5.74, 6) is 0.527. The molecule has 27 heavy (non-hydrogen) atoms. The zero-order valence-corrected chi connectivity index (χ0v) is 16.4. The molecule has 9 heteroatoms. The first-order chi connectivity index (χ1) is 13.0. The molecular formula is C18H23FN6OS. The molecule has 0 bridgehead atoms. The number of guanidine groups is 1. The third-order valence-electron chi connectivity index (χ3n) is 3.32. The van der Waals surface area contributed by atoms with E-state index in [9.17, 15) is 4.39 Å². The summed E-state index contributed by atoms with van der Waals surface area (Å²) in [6, 6.07) is 7.78. The second-order valence-corrected chi connectivity index (χ2v) is 6.17. The molecule has 0 aliphatic carbocycles. The highest BCUT2D eigenvalue weighted by Crippen LogP contribution is 2.08. The Labute approximate surface area is 163 Å². The summed E-state index contributed by atoms with van der Waals surface area (Å²) in [6.45, 7) is 4.93. The highest BCUT2D eigenvalue weighted by Gasteiger charge is 2.07. The summed E-state index contributed by atoms with van der Waals surface area (Å²) in [5.41, 5.74) is 2.35. The van der Waals surface area contributed by atoms with E-state index in [0.717, 1.165) is 17.8 Å². The van der Waals surface area contributed by atoms with Gasteiger partial charge in [0.2, 0.25) is 11.9 Å². The van der Waals surface area contributed by atoms with E-state index < -0.39 is 0 Å². The van der Waals surface area contributed by atoms with Gasteiger partial charge in [0.15, 0.2) is 5.11 Å². The second kappa shape index (κ2) is 10.5. The van der Waals surface area contributed by atoms with Gasteiger partial charge < -0.3 is 15.4 Å². The Morgan fingerprint density at radius 1 is 1.15 bits per heavy atom. The standard InChI is InChI=1S/C18H23FN6OS/c1-12-11-13(2)22-17(21-12)24-16(20-9-4-10-26-3)25-18(27)23-15-7-5-14(19)6-8-15/h5-8,11H,4,9-10H2,1-3H3,(H3,20,21,22,23,24,25,27). The highest BCUT2D eigenvalue weighted by atomic mass is 32.1. The van der Waals surface area contributed by atoms with E-state index in [1.165, 1.54) is 12.1 Å². The Morgan fingerprint density at radius 2 is 1.81 bits per heavy atom. The first kappa shape index (κ1) is 20.7. The Kier molecular flexibility index (Phi) is 8.02. The molecule has 0 fully saturated rings. The predicted octanol–water partition coefficient (Wildman–Crippen LogP) is 3.02. The Balaban J connectivity index is 2.06. The van der Waals surface area contributed by atoms with Crippen molar-refractivity contribution in [2.45, 2.75) is 20.3 Å². The molecule has 1 aromatic heterocycles. The maximum atomic E-state index is 13.0. The van der Waals surface area contributed by atoms with Crippen molar-refractivity contribution >= 4 is 34.9 Å². The lowest BCUT2D eigenvalue weighted by Gasteiger charge is -2.14. The van der Waals surface area contributed by atoms with Crippen molar-refractivity contribution in [3.63, 3.8) is 0 Å². The molecule has 2 aromatic rings. The lowest BCUT2D eigenvalue weighted by Crippen LogP contribution is -2.39. The van der Waals surface area contributed by atoms with Gasteiger partial charge in [0.1, 0.15) is 5.82 Å². The molecule has 1 heterocycles. The average Bonchev–Trinajstić information content (AvgIpc) is 2.59. The van der Waals surface area contributed by atoms with Gasteiger partial charge in [0.05, 0.1) is 0 Å². The molecule has 0 amide bonds. The first-order valence-corrected chi connectivity index (χ1v) is 8.83. The number of halogens is 1. The third kappa shape index (κ3) is 7.63. The van der Waals surface area contributed by atoms with E-state index in [1.807, 2.05) is 19.9 Å². The van der Waals surface area contributed by atoms with E-state index in [-0.39, 0.29) is 5.82 Å². The normalized spacial score (nSPS) is 11.2. The number of ether oxygens (including phenoxy) is 1. The number of benzene rings is 1. The fraction of sp³-hybridized carbons (Fsp3) is 0.333. The van der Waals surface area contributed by atoms with Crippen LogP contribution in [-0.4, -0.2) is 41.3 Å². The fourth-order valence-electron chi connectivity index (χ4n) is 2.20. The molecule has 0 spiro atoms. The van der Waals surface area contributed by atoms with Gasteiger partial charge in [-0.15, -0.1) is 0 Å². The number of aryl methyl sites for hydroxylation is 2. The number of hydrogen-bond acceptors (Lipinski definition) is 5. The maximum absolute atomic E-state index is 13.0. The summed E-state index contributed by atoms with van der Waals surface area (Å²) in [4.78, 5) is 13.2. The zero-order valence-electron chi connectivity index (χ0n) is 15.5. The molecule has 0 aliphatic heterocycles. The van der Waals surface area contributed by atoms with Crippen LogP contribution in [0, 0.1) is 19.7 Å². The van der Waals surface area contributed by atoms with Gasteiger partial charge in [0.25, 0.3) is 0 Å². The number of thiocarbonyl (C=S) groups is 1. The second-order valence-electron chi connectivity index (χ2n) is 5.76. The molecule has 0 radical (unpaired) electrons. The van der Waals surface area contributed by atoms with Gasteiger partial charge in [-0.25, -0.2) is 14.4 Å². The van der Waals surface area contributed by atoms with Crippen LogP contribution in [0.25, 0.3) is 0 Å². The van der Waals surface area contributed by atoms with Crippen LogP contribution in [0.15, 0.2) is 35.3 Å². The molecule has 0 aliphatic rings.